The van der Waals surface area contributed by atoms with Gasteiger partial charge in [-0.1, -0.05) is 70.5 Å². The number of hydrogen-bond donors (Lipinski definition) is 1. The Kier molecular flexibility index (Phi) is 3.51. The van der Waals surface area contributed by atoms with Crippen molar-refractivity contribution in [2.75, 3.05) is 0 Å². The average Bonchev–Trinajstić information content (AvgIpc) is 2.61. The zero-order valence-electron chi connectivity index (χ0n) is 12.7. The SMILES string of the molecule is N#CC1=C(N)Oc2c(ccc3ccccc23)[C@@H]1c1ccccc1Br. The van der Waals surface area contributed by atoms with Crippen molar-refractivity contribution in [2.24, 2.45) is 5.73 Å². The van der Waals surface area contributed by atoms with Gasteiger partial charge in [0.25, 0.3) is 0 Å². The van der Waals surface area contributed by atoms with E-state index in [0.29, 0.717) is 5.57 Å². The molecule has 1 atom stereocenters. The van der Waals surface area contributed by atoms with E-state index in [1.807, 2.05) is 54.6 Å². The number of nitrogens with zero attached hydrogens (tertiary/aromatic N) is 1. The molecule has 116 valence electrons. The molecule has 0 saturated carbocycles. The molecule has 0 aliphatic carbocycles. The first-order valence-corrected chi connectivity index (χ1v) is 8.33. The van der Waals surface area contributed by atoms with Crippen molar-refractivity contribution in [3.63, 3.8) is 0 Å². The summed E-state index contributed by atoms with van der Waals surface area (Å²) in [4.78, 5) is 0. The Morgan fingerprint density at radius 2 is 1.71 bits per heavy atom. The highest BCUT2D eigenvalue weighted by Crippen LogP contribution is 2.46. The molecule has 24 heavy (non-hydrogen) atoms. The van der Waals surface area contributed by atoms with Crippen LogP contribution in [-0.4, -0.2) is 0 Å². The summed E-state index contributed by atoms with van der Waals surface area (Å²) in [6.45, 7) is 0. The molecular weight excluding hydrogens is 364 g/mol. The van der Waals surface area contributed by atoms with Crippen LogP contribution in [0.5, 0.6) is 5.75 Å². The van der Waals surface area contributed by atoms with Gasteiger partial charge in [-0.3, -0.25) is 0 Å². The summed E-state index contributed by atoms with van der Waals surface area (Å²) in [6, 6.07) is 22.2. The van der Waals surface area contributed by atoms with Crippen LogP contribution in [0.25, 0.3) is 10.8 Å². The Bertz CT molecular complexity index is 1030. The van der Waals surface area contributed by atoms with E-state index in [4.69, 9.17) is 10.5 Å². The van der Waals surface area contributed by atoms with Crippen molar-refractivity contribution in [1.82, 2.24) is 0 Å². The second-order valence-electron chi connectivity index (χ2n) is 5.65. The molecule has 0 radical (unpaired) electrons. The van der Waals surface area contributed by atoms with E-state index in [1.54, 1.807) is 0 Å². The van der Waals surface area contributed by atoms with Gasteiger partial charge in [0, 0.05) is 15.4 Å². The average molecular weight is 377 g/mol. The van der Waals surface area contributed by atoms with Crippen molar-refractivity contribution >= 4 is 26.7 Å². The molecule has 4 heteroatoms. The third kappa shape index (κ3) is 2.17. The monoisotopic (exact) mass is 376 g/mol. The lowest BCUT2D eigenvalue weighted by atomic mass is 9.82. The highest BCUT2D eigenvalue weighted by Gasteiger charge is 2.32. The maximum atomic E-state index is 9.64. The van der Waals surface area contributed by atoms with Crippen LogP contribution in [0.3, 0.4) is 0 Å². The van der Waals surface area contributed by atoms with Crippen LogP contribution in [0.4, 0.5) is 0 Å². The van der Waals surface area contributed by atoms with Gasteiger partial charge < -0.3 is 10.5 Å². The molecule has 0 saturated heterocycles. The van der Waals surface area contributed by atoms with Gasteiger partial charge in [0.2, 0.25) is 5.88 Å². The maximum Gasteiger partial charge on any atom is 0.205 e. The third-order valence-electron chi connectivity index (χ3n) is 4.32. The minimum atomic E-state index is -0.251. The highest BCUT2D eigenvalue weighted by molar-refractivity contribution is 9.10. The summed E-state index contributed by atoms with van der Waals surface area (Å²) in [6.07, 6.45) is 0. The van der Waals surface area contributed by atoms with E-state index in [2.05, 4.69) is 28.1 Å². The fourth-order valence-corrected chi connectivity index (χ4v) is 3.73. The molecule has 3 nitrogen and oxygen atoms in total. The molecule has 0 spiro atoms. The van der Waals surface area contributed by atoms with Crippen LogP contribution in [0.2, 0.25) is 0 Å². The topological polar surface area (TPSA) is 59.0 Å². The minimum Gasteiger partial charge on any atom is -0.440 e. The van der Waals surface area contributed by atoms with Gasteiger partial charge in [-0.05, 0) is 17.0 Å². The van der Waals surface area contributed by atoms with Gasteiger partial charge in [0.1, 0.15) is 17.4 Å². The Labute approximate surface area is 148 Å². The molecule has 2 N–H and O–H groups in total. The van der Waals surface area contributed by atoms with E-state index in [-0.39, 0.29) is 11.8 Å². The van der Waals surface area contributed by atoms with Gasteiger partial charge in [0.05, 0.1) is 5.92 Å². The molecule has 0 bridgehead atoms. The molecule has 1 aliphatic rings. The molecular formula is C20H13BrN2O. The smallest absolute Gasteiger partial charge is 0.205 e. The van der Waals surface area contributed by atoms with Gasteiger partial charge in [-0.15, -0.1) is 0 Å². The number of rotatable bonds is 1. The number of allylic oxidation sites excluding steroid dienone is 1. The Morgan fingerprint density at radius 1 is 0.958 bits per heavy atom. The van der Waals surface area contributed by atoms with Crippen LogP contribution in [0, 0.1) is 11.3 Å². The van der Waals surface area contributed by atoms with E-state index in [1.165, 1.54) is 0 Å². The van der Waals surface area contributed by atoms with Crippen molar-refractivity contribution in [1.29, 1.82) is 5.26 Å². The van der Waals surface area contributed by atoms with E-state index >= 15 is 0 Å². The first-order chi connectivity index (χ1) is 11.7. The maximum absolute atomic E-state index is 9.64. The summed E-state index contributed by atoms with van der Waals surface area (Å²) in [5, 5.41) is 11.7. The normalized spacial score (nSPS) is 16.4. The van der Waals surface area contributed by atoms with Crippen molar-refractivity contribution < 1.29 is 4.74 Å². The minimum absolute atomic E-state index is 0.169. The molecule has 1 heterocycles. The van der Waals surface area contributed by atoms with Crippen LogP contribution in [0.1, 0.15) is 17.0 Å². The van der Waals surface area contributed by atoms with E-state index in [0.717, 1.165) is 32.1 Å². The van der Waals surface area contributed by atoms with Crippen LogP contribution >= 0.6 is 15.9 Å². The first kappa shape index (κ1) is 14.8. The molecule has 3 aromatic rings. The third-order valence-corrected chi connectivity index (χ3v) is 5.05. The van der Waals surface area contributed by atoms with Crippen LogP contribution in [0.15, 0.2) is 76.6 Å². The number of benzene rings is 3. The fourth-order valence-electron chi connectivity index (χ4n) is 3.22. The van der Waals surface area contributed by atoms with Gasteiger partial charge in [-0.25, -0.2) is 0 Å². The van der Waals surface area contributed by atoms with Gasteiger partial charge in [0.15, 0.2) is 0 Å². The number of hydrogen-bond acceptors (Lipinski definition) is 3. The Hall–Kier alpha value is -2.77. The van der Waals surface area contributed by atoms with Crippen molar-refractivity contribution in [2.45, 2.75) is 5.92 Å². The standard InChI is InChI=1S/C20H13BrN2O/c21-17-8-4-3-7-14(17)18-15-10-9-12-5-1-2-6-13(12)19(15)24-20(23)16(18)11-22/h1-10,18H,23H2/t18-/m0/s1. The number of fused-ring (bicyclic) bond motifs is 3. The molecule has 0 unspecified atom stereocenters. The highest BCUT2D eigenvalue weighted by atomic mass is 79.9. The molecule has 0 amide bonds. The Morgan fingerprint density at radius 3 is 2.50 bits per heavy atom. The number of ether oxygens (including phenoxy) is 1. The van der Waals surface area contributed by atoms with Crippen molar-refractivity contribution in [3.8, 4) is 11.8 Å². The Balaban J connectivity index is 2.05. The summed E-state index contributed by atoms with van der Waals surface area (Å²) in [5.41, 5.74) is 8.48. The van der Waals surface area contributed by atoms with E-state index < -0.39 is 0 Å². The lowest BCUT2D eigenvalue weighted by molar-refractivity contribution is 0.398. The predicted molar refractivity (Wildman–Crippen MR) is 97.4 cm³/mol. The summed E-state index contributed by atoms with van der Waals surface area (Å²) >= 11 is 3.60. The number of nitriles is 1. The van der Waals surface area contributed by atoms with Crippen LogP contribution in [-0.2, 0) is 0 Å². The summed E-state index contributed by atoms with van der Waals surface area (Å²) in [5.74, 6) is 0.645. The number of halogens is 1. The molecule has 1 aliphatic heterocycles. The molecule has 3 aromatic carbocycles. The second kappa shape index (κ2) is 5.70. The van der Waals surface area contributed by atoms with Crippen molar-refractivity contribution in [3.05, 3.63) is 87.7 Å². The largest absolute Gasteiger partial charge is 0.440 e. The quantitative estimate of drug-likeness (QED) is 0.662. The van der Waals surface area contributed by atoms with E-state index in [9.17, 15) is 5.26 Å². The van der Waals surface area contributed by atoms with Gasteiger partial charge >= 0.3 is 0 Å². The van der Waals surface area contributed by atoms with Crippen LogP contribution < -0.4 is 10.5 Å². The fraction of sp³-hybridized carbons (Fsp3) is 0.0500. The second-order valence-corrected chi connectivity index (χ2v) is 6.51. The first-order valence-electron chi connectivity index (χ1n) is 7.54. The lowest BCUT2D eigenvalue weighted by Gasteiger charge is -2.28. The predicted octanol–water partition coefficient (Wildman–Crippen LogP) is 4.82. The molecule has 0 aromatic heterocycles. The zero-order valence-corrected chi connectivity index (χ0v) is 14.2. The summed E-state index contributed by atoms with van der Waals surface area (Å²) < 4.78 is 6.80. The van der Waals surface area contributed by atoms with Gasteiger partial charge in [-0.2, -0.15) is 5.26 Å². The zero-order chi connectivity index (χ0) is 16.7. The molecule has 0 fully saturated rings. The molecule has 4 rings (SSSR count). The number of nitrogens with two attached hydrogens (primary N) is 1. The summed E-state index contributed by atoms with van der Waals surface area (Å²) in [7, 11) is 0. The lowest BCUT2D eigenvalue weighted by Crippen LogP contribution is -2.21.